The quantitative estimate of drug-likeness (QED) is 0.763. The van der Waals surface area contributed by atoms with Crippen LogP contribution in [0, 0.1) is 0 Å². The maximum Gasteiger partial charge on any atom is 0.237 e. The highest BCUT2D eigenvalue weighted by Gasteiger charge is 2.22. The van der Waals surface area contributed by atoms with E-state index in [2.05, 4.69) is 9.88 Å². The van der Waals surface area contributed by atoms with Crippen LogP contribution in [-0.2, 0) is 11.3 Å². The summed E-state index contributed by atoms with van der Waals surface area (Å²) in [4.78, 5) is 17.9. The molecule has 1 aromatic carbocycles. The van der Waals surface area contributed by atoms with Crippen LogP contribution in [0.3, 0.4) is 0 Å². The van der Waals surface area contributed by atoms with Crippen molar-refractivity contribution in [2.45, 2.75) is 25.5 Å². The number of ether oxygens (including phenoxy) is 1. The van der Waals surface area contributed by atoms with E-state index in [1.54, 1.807) is 11.3 Å². The van der Waals surface area contributed by atoms with Gasteiger partial charge in [-0.3, -0.25) is 4.79 Å². The van der Waals surface area contributed by atoms with Crippen LogP contribution in [0.2, 0.25) is 0 Å². The van der Waals surface area contributed by atoms with Crippen LogP contribution >= 0.6 is 11.3 Å². The van der Waals surface area contributed by atoms with Gasteiger partial charge in [0, 0.05) is 49.1 Å². The number of fused-ring (bicyclic) bond motifs is 1. The van der Waals surface area contributed by atoms with Crippen molar-refractivity contribution < 1.29 is 9.53 Å². The second-order valence-electron chi connectivity index (χ2n) is 6.22. The van der Waals surface area contributed by atoms with E-state index < -0.39 is 0 Å². The first kappa shape index (κ1) is 16.0. The summed E-state index contributed by atoms with van der Waals surface area (Å²) in [6.45, 7) is 2.09. The van der Waals surface area contributed by atoms with Gasteiger partial charge in [-0.15, -0.1) is 11.3 Å². The van der Waals surface area contributed by atoms with Gasteiger partial charge in [0.15, 0.2) is 5.13 Å². The number of piperidine rings is 1. The van der Waals surface area contributed by atoms with Crippen LogP contribution in [0.25, 0.3) is 10.9 Å². The number of anilines is 1. The Balaban J connectivity index is 1.46. The van der Waals surface area contributed by atoms with Gasteiger partial charge in [0.2, 0.25) is 5.91 Å². The van der Waals surface area contributed by atoms with E-state index >= 15 is 0 Å². The van der Waals surface area contributed by atoms with Crippen LogP contribution < -0.4 is 15.4 Å². The summed E-state index contributed by atoms with van der Waals surface area (Å²) in [5.74, 6) is 0.520. The number of hydrogen-bond acceptors (Lipinski definition) is 5. The van der Waals surface area contributed by atoms with Crippen molar-refractivity contribution in [3.05, 3.63) is 42.0 Å². The van der Waals surface area contributed by atoms with Crippen molar-refractivity contribution >= 4 is 33.3 Å². The molecule has 25 heavy (non-hydrogen) atoms. The van der Waals surface area contributed by atoms with Gasteiger partial charge in [-0.1, -0.05) is 6.07 Å². The zero-order valence-corrected chi connectivity index (χ0v) is 14.6. The summed E-state index contributed by atoms with van der Waals surface area (Å²) < 4.78 is 8.14. The molecule has 0 atom stereocenters. The van der Waals surface area contributed by atoms with Crippen molar-refractivity contribution in [3.63, 3.8) is 0 Å². The minimum atomic E-state index is -0.349. The number of carbonyl (C=O) groups is 1. The van der Waals surface area contributed by atoms with E-state index in [-0.39, 0.29) is 18.6 Å². The predicted molar refractivity (Wildman–Crippen MR) is 99.1 cm³/mol. The monoisotopic (exact) mass is 356 g/mol. The molecule has 0 bridgehead atoms. The van der Waals surface area contributed by atoms with E-state index in [4.69, 9.17) is 10.5 Å². The summed E-state index contributed by atoms with van der Waals surface area (Å²) in [6, 6.07) is 7.92. The van der Waals surface area contributed by atoms with E-state index in [0.717, 1.165) is 47.7 Å². The Hall–Kier alpha value is -2.54. The molecule has 0 unspecified atom stereocenters. The fourth-order valence-corrected chi connectivity index (χ4v) is 4.02. The first-order chi connectivity index (χ1) is 12.2. The lowest BCUT2D eigenvalue weighted by Crippen LogP contribution is -2.38. The normalized spacial score (nSPS) is 15.6. The number of thiazole rings is 1. The standard InChI is InChI=1S/C18H20N4O2S/c19-17(23)12-22-10-6-14-15(22)2-1-3-16(14)24-13-4-8-21(9-5-13)18-20-7-11-25-18/h1-3,6-7,10-11,13H,4-5,8-9,12H2,(H2,19,23). The summed E-state index contributed by atoms with van der Waals surface area (Å²) >= 11 is 1.68. The molecule has 3 aromatic rings. The Labute approximate surface area is 149 Å². The number of carbonyl (C=O) groups excluding carboxylic acids is 1. The molecule has 0 radical (unpaired) electrons. The van der Waals surface area contributed by atoms with Crippen molar-refractivity contribution in [2.24, 2.45) is 5.73 Å². The number of amides is 1. The maximum absolute atomic E-state index is 11.2. The summed E-state index contributed by atoms with van der Waals surface area (Å²) in [5, 5.41) is 4.12. The molecular formula is C18H20N4O2S. The molecule has 0 spiro atoms. The van der Waals surface area contributed by atoms with Crippen LogP contribution in [0.5, 0.6) is 5.75 Å². The third-order valence-corrected chi connectivity index (χ3v) is 5.36. The highest BCUT2D eigenvalue weighted by molar-refractivity contribution is 7.13. The average Bonchev–Trinajstić information content (AvgIpc) is 3.26. The number of rotatable bonds is 5. The summed E-state index contributed by atoms with van der Waals surface area (Å²) in [7, 11) is 0. The van der Waals surface area contributed by atoms with Crippen LogP contribution in [0.1, 0.15) is 12.8 Å². The average molecular weight is 356 g/mol. The minimum Gasteiger partial charge on any atom is -0.490 e. The zero-order valence-electron chi connectivity index (χ0n) is 13.8. The van der Waals surface area contributed by atoms with Crippen LogP contribution in [0.15, 0.2) is 42.0 Å². The number of aromatic nitrogens is 2. The molecule has 6 nitrogen and oxygen atoms in total. The lowest BCUT2D eigenvalue weighted by molar-refractivity contribution is -0.118. The number of nitrogens with zero attached hydrogens (tertiary/aromatic N) is 3. The first-order valence-electron chi connectivity index (χ1n) is 8.38. The molecule has 1 aliphatic heterocycles. The Bertz CT molecular complexity index is 866. The molecule has 1 amide bonds. The van der Waals surface area contributed by atoms with Crippen molar-refractivity contribution in [3.8, 4) is 5.75 Å². The van der Waals surface area contributed by atoms with E-state index in [1.165, 1.54) is 0 Å². The lowest BCUT2D eigenvalue weighted by Gasteiger charge is -2.32. The van der Waals surface area contributed by atoms with Crippen molar-refractivity contribution in [2.75, 3.05) is 18.0 Å². The van der Waals surface area contributed by atoms with Gasteiger partial charge < -0.3 is 19.9 Å². The van der Waals surface area contributed by atoms with Gasteiger partial charge >= 0.3 is 0 Å². The molecule has 3 heterocycles. The Morgan fingerprint density at radius 1 is 1.32 bits per heavy atom. The molecule has 0 aliphatic carbocycles. The van der Waals surface area contributed by atoms with Gasteiger partial charge in [0.1, 0.15) is 18.4 Å². The highest BCUT2D eigenvalue weighted by atomic mass is 32.1. The highest BCUT2D eigenvalue weighted by Crippen LogP contribution is 2.30. The van der Waals surface area contributed by atoms with Crippen molar-refractivity contribution in [1.82, 2.24) is 9.55 Å². The fraction of sp³-hybridized carbons (Fsp3) is 0.333. The molecule has 0 saturated carbocycles. The molecule has 1 saturated heterocycles. The molecule has 2 N–H and O–H groups in total. The second kappa shape index (κ2) is 6.76. The SMILES string of the molecule is NC(=O)Cn1ccc2c(OC3CCN(c4nccs4)CC3)cccc21. The minimum absolute atomic E-state index is 0.180. The van der Waals surface area contributed by atoms with Gasteiger partial charge in [0.25, 0.3) is 0 Å². The molecule has 4 rings (SSSR count). The number of hydrogen-bond donors (Lipinski definition) is 1. The summed E-state index contributed by atoms with van der Waals surface area (Å²) in [6.07, 6.45) is 5.87. The van der Waals surface area contributed by atoms with E-state index in [0.29, 0.717) is 0 Å². The molecule has 2 aromatic heterocycles. The maximum atomic E-state index is 11.2. The van der Waals surface area contributed by atoms with Crippen LogP contribution in [0.4, 0.5) is 5.13 Å². The smallest absolute Gasteiger partial charge is 0.237 e. The number of benzene rings is 1. The molecule has 130 valence electrons. The van der Waals surface area contributed by atoms with Crippen LogP contribution in [-0.4, -0.2) is 34.7 Å². The number of primary amides is 1. The van der Waals surface area contributed by atoms with Gasteiger partial charge in [-0.2, -0.15) is 0 Å². The van der Waals surface area contributed by atoms with Gasteiger partial charge in [-0.05, 0) is 18.2 Å². The Kier molecular flexibility index (Phi) is 4.31. The van der Waals surface area contributed by atoms with Gasteiger partial charge in [-0.25, -0.2) is 4.98 Å². The Morgan fingerprint density at radius 3 is 2.88 bits per heavy atom. The largest absolute Gasteiger partial charge is 0.490 e. The predicted octanol–water partition coefficient (Wildman–Crippen LogP) is 2.63. The lowest BCUT2D eigenvalue weighted by atomic mass is 10.1. The topological polar surface area (TPSA) is 73.4 Å². The van der Waals surface area contributed by atoms with E-state index in [1.807, 2.05) is 46.6 Å². The van der Waals surface area contributed by atoms with E-state index in [9.17, 15) is 4.79 Å². The fourth-order valence-electron chi connectivity index (χ4n) is 3.32. The number of nitrogens with two attached hydrogens (primary N) is 1. The third kappa shape index (κ3) is 3.32. The summed E-state index contributed by atoms with van der Waals surface area (Å²) in [5.41, 5.74) is 6.28. The van der Waals surface area contributed by atoms with Gasteiger partial charge in [0.05, 0.1) is 5.52 Å². The zero-order chi connectivity index (χ0) is 17.2. The molecule has 7 heteroatoms. The first-order valence-corrected chi connectivity index (χ1v) is 9.26. The molecular weight excluding hydrogens is 336 g/mol. The third-order valence-electron chi connectivity index (χ3n) is 4.53. The molecule has 1 aliphatic rings. The Morgan fingerprint density at radius 2 is 2.16 bits per heavy atom. The molecule has 1 fully saturated rings. The second-order valence-corrected chi connectivity index (χ2v) is 7.09. The van der Waals surface area contributed by atoms with Crippen molar-refractivity contribution in [1.29, 1.82) is 0 Å².